The van der Waals surface area contributed by atoms with Crippen molar-refractivity contribution in [2.75, 3.05) is 26.5 Å². The van der Waals surface area contributed by atoms with Gasteiger partial charge in [-0.2, -0.15) is 0 Å². The predicted molar refractivity (Wildman–Crippen MR) is 109 cm³/mol. The standard InChI is InChI=1S/C19H29N5O4S/c1-13(2)18(22-29(4,26)27)19-21-20-17-7-8-23(9-10-24(17)19)12-14-5-6-15(25)16(11-14)28-3/h5-6,11,13,18,22,25H,7-10,12H2,1-4H3/t18-/m1/s1. The van der Waals surface area contributed by atoms with E-state index in [0.717, 1.165) is 43.7 Å². The molecule has 0 amide bonds. The van der Waals surface area contributed by atoms with E-state index in [1.807, 2.05) is 30.5 Å². The number of fused-ring (bicyclic) bond motifs is 1. The molecular weight excluding hydrogens is 394 g/mol. The van der Waals surface area contributed by atoms with Crippen LogP contribution in [0.5, 0.6) is 11.5 Å². The summed E-state index contributed by atoms with van der Waals surface area (Å²) < 4.78 is 33.5. The lowest BCUT2D eigenvalue weighted by Gasteiger charge is -2.22. The van der Waals surface area contributed by atoms with Crippen molar-refractivity contribution in [2.45, 2.75) is 39.4 Å². The van der Waals surface area contributed by atoms with E-state index in [9.17, 15) is 13.5 Å². The van der Waals surface area contributed by atoms with Crippen LogP contribution in [0.2, 0.25) is 0 Å². The third kappa shape index (κ3) is 5.26. The van der Waals surface area contributed by atoms with Gasteiger partial charge in [0.2, 0.25) is 10.0 Å². The van der Waals surface area contributed by atoms with Crippen molar-refractivity contribution < 1.29 is 18.3 Å². The molecule has 2 heterocycles. The maximum atomic E-state index is 11.8. The van der Waals surface area contributed by atoms with E-state index in [1.165, 1.54) is 7.11 Å². The highest BCUT2D eigenvalue weighted by atomic mass is 32.2. The molecule has 0 saturated carbocycles. The van der Waals surface area contributed by atoms with Gasteiger partial charge in [-0.1, -0.05) is 19.9 Å². The maximum Gasteiger partial charge on any atom is 0.209 e. The molecule has 160 valence electrons. The van der Waals surface area contributed by atoms with Crippen LogP contribution in [0, 0.1) is 5.92 Å². The molecule has 29 heavy (non-hydrogen) atoms. The lowest BCUT2D eigenvalue weighted by Crippen LogP contribution is -2.33. The SMILES string of the molecule is COc1cc(CN2CCc3nnc([C@H](NS(C)(=O)=O)C(C)C)n3CC2)ccc1O. The Morgan fingerprint density at radius 1 is 1.24 bits per heavy atom. The van der Waals surface area contributed by atoms with Gasteiger partial charge >= 0.3 is 0 Å². The van der Waals surface area contributed by atoms with Crippen molar-refractivity contribution in [3.8, 4) is 11.5 Å². The number of benzene rings is 1. The fraction of sp³-hybridized carbons (Fsp3) is 0.579. The van der Waals surface area contributed by atoms with Crippen LogP contribution in [0.3, 0.4) is 0 Å². The van der Waals surface area contributed by atoms with E-state index in [0.29, 0.717) is 18.1 Å². The molecule has 9 nitrogen and oxygen atoms in total. The molecule has 10 heteroatoms. The number of ether oxygens (including phenoxy) is 1. The largest absolute Gasteiger partial charge is 0.504 e. The highest BCUT2D eigenvalue weighted by molar-refractivity contribution is 7.88. The zero-order chi connectivity index (χ0) is 21.2. The summed E-state index contributed by atoms with van der Waals surface area (Å²) >= 11 is 0. The lowest BCUT2D eigenvalue weighted by molar-refractivity contribution is 0.268. The number of phenols is 1. The van der Waals surface area contributed by atoms with Gasteiger partial charge in [-0.15, -0.1) is 10.2 Å². The van der Waals surface area contributed by atoms with Crippen molar-refractivity contribution in [1.82, 2.24) is 24.4 Å². The van der Waals surface area contributed by atoms with Gasteiger partial charge in [0.1, 0.15) is 5.82 Å². The van der Waals surface area contributed by atoms with E-state index in [-0.39, 0.29) is 11.7 Å². The van der Waals surface area contributed by atoms with Crippen LogP contribution >= 0.6 is 0 Å². The van der Waals surface area contributed by atoms with E-state index in [1.54, 1.807) is 6.07 Å². The first kappa shape index (κ1) is 21.5. The Kier molecular flexibility index (Phi) is 6.45. The van der Waals surface area contributed by atoms with Crippen LogP contribution in [0.15, 0.2) is 18.2 Å². The average molecular weight is 424 g/mol. The lowest BCUT2D eigenvalue weighted by atomic mass is 10.1. The van der Waals surface area contributed by atoms with Gasteiger partial charge in [-0.25, -0.2) is 13.1 Å². The quantitative estimate of drug-likeness (QED) is 0.691. The number of methoxy groups -OCH3 is 1. The topological polar surface area (TPSA) is 110 Å². The molecule has 0 saturated heterocycles. The summed E-state index contributed by atoms with van der Waals surface area (Å²) in [7, 11) is -1.83. The Bertz CT molecular complexity index is 958. The molecule has 1 aromatic carbocycles. The number of hydrogen-bond donors (Lipinski definition) is 2. The Morgan fingerprint density at radius 2 is 2.00 bits per heavy atom. The summed E-state index contributed by atoms with van der Waals surface area (Å²) in [5, 5.41) is 18.4. The second kappa shape index (κ2) is 8.68. The van der Waals surface area contributed by atoms with Crippen LogP contribution < -0.4 is 9.46 Å². The smallest absolute Gasteiger partial charge is 0.209 e. The summed E-state index contributed by atoms with van der Waals surface area (Å²) in [4.78, 5) is 2.30. The molecule has 0 fully saturated rings. The zero-order valence-electron chi connectivity index (χ0n) is 17.3. The van der Waals surface area contributed by atoms with Gasteiger partial charge in [0, 0.05) is 32.6 Å². The van der Waals surface area contributed by atoms with E-state index in [2.05, 4.69) is 19.8 Å². The van der Waals surface area contributed by atoms with Crippen LogP contribution in [-0.4, -0.2) is 59.6 Å². The monoisotopic (exact) mass is 423 g/mol. The fourth-order valence-electron chi connectivity index (χ4n) is 3.57. The van der Waals surface area contributed by atoms with E-state index < -0.39 is 16.1 Å². The highest BCUT2D eigenvalue weighted by Gasteiger charge is 2.28. The Labute approximate surface area is 171 Å². The summed E-state index contributed by atoms with van der Waals surface area (Å²) in [6, 6.07) is 4.96. The van der Waals surface area contributed by atoms with Crippen LogP contribution in [0.25, 0.3) is 0 Å². The predicted octanol–water partition coefficient (Wildman–Crippen LogP) is 1.30. The van der Waals surface area contributed by atoms with E-state index in [4.69, 9.17) is 4.74 Å². The summed E-state index contributed by atoms with van der Waals surface area (Å²) in [6.45, 7) is 6.93. The second-order valence-corrected chi connectivity index (χ2v) is 9.55. The molecule has 2 N–H and O–H groups in total. The average Bonchev–Trinajstić information content (AvgIpc) is 2.94. The van der Waals surface area contributed by atoms with Crippen LogP contribution in [-0.2, 0) is 29.5 Å². The first-order valence-electron chi connectivity index (χ1n) is 9.65. The molecule has 0 spiro atoms. The summed E-state index contributed by atoms with van der Waals surface area (Å²) in [5.41, 5.74) is 1.05. The first-order valence-corrected chi connectivity index (χ1v) is 11.5. The molecule has 0 aliphatic carbocycles. The van der Waals surface area contributed by atoms with Crippen molar-refractivity contribution in [3.63, 3.8) is 0 Å². The molecule has 0 unspecified atom stereocenters. The van der Waals surface area contributed by atoms with Gasteiger partial charge in [0.25, 0.3) is 0 Å². The first-order chi connectivity index (χ1) is 13.7. The van der Waals surface area contributed by atoms with Crippen molar-refractivity contribution in [3.05, 3.63) is 35.4 Å². The van der Waals surface area contributed by atoms with Gasteiger partial charge < -0.3 is 14.4 Å². The van der Waals surface area contributed by atoms with Crippen molar-refractivity contribution >= 4 is 10.0 Å². The van der Waals surface area contributed by atoms with Crippen molar-refractivity contribution in [1.29, 1.82) is 0 Å². The summed E-state index contributed by atoms with van der Waals surface area (Å²) in [5.74, 6) is 2.16. The normalized spacial score (nSPS) is 16.4. The van der Waals surface area contributed by atoms with Crippen molar-refractivity contribution in [2.24, 2.45) is 5.92 Å². The Morgan fingerprint density at radius 3 is 2.66 bits per heavy atom. The number of nitrogens with one attached hydrogen (secondary N) is 1. The Hall–Kier alpha value is -2.17. The molecular formula is C19H29N5O4S. The maximum absolute atomic E-state index is 11.8. The number of nitrogens with zero attached hydrogens (tertiary/aromatic N) is 4. The summed E-state index contributed by atoms with van der Waals surface area (Å²) in [6.07, 6.45) is 1.89. The molecule has 2 aromatic rings. The van der Waals surface area contributed by atoms with Gasteiger partial charge in [0.15, 0.2) is 17.3 Å². The third-order valence-electron chi connectivity index (χ3n) is 5.08. The molecule has 0 radical (unpaired) electrons. The number of phenolic OH excluding ortho intramolecular Hbond substituents is 1. The fourth-order valence-corrected chi connectivity index (χ4v) is 4.41. The van der Waals surface area contributed by atoms with Gasteiger partial charge in [-0.05, 0) is 23.6 Å². The molecule has 3 rings (SSSR count). The number of aromatic nitrogens is 3. The number of rotatable bonds is 7. The zero-order valence-corrected chi connectivity index (χ0v) is 18.1. The Balaban J connectivity index is 1.75. The molecule has 1 aliphatic heterocycles. The van der Waals surface area contributed by atoms with Crippen LogP contribution in [0.1, 0.15) is 37.1 Å². The number of hydrogen-bond acceptors (Lipinski definition) is 7. The van der Waals surface area contributed by atoms with Gasteiger partial charge in [0.05, 0.1) is 19.4 Å². The highest BCUT2D eigenvalue weighted by Crippen LogP contribution is 2.27. The number of sulfonamides is 1. The number of aromatic hydroxyl groups is 1. The second-order valence-electron chi connectivity index (χ2n) is 7.77. The molecule has 1 aromatic heterocycles. The molecule has 1 atom stereocenters. The van der Waals surface area contributed by atoms with Gasteiger partial charge in [-0.3, -0.25) is 4.90 Å². The minimum absolute atomic E-state index is 0.0434. The third-order valence-corrected chi connectivity index (χ3v) is 5.77. The van der Waals surface area contributed by atoms with E-state index >= 15 is 0 Å². The minimum atomic E-state index is -3.37. The molecule has 0 bridgehead atoms. The minimum Gasteiger partial charge on any atom is -0.504 e. The molecule has 1 aliphatic rings. The van der Waals surface area contributed by atoms with Crippen LogP contribution in [0.4, 0.5) is 0 Å².